The maximum absolute atomic E-state index is 12.7. The Kier molecular flexibility index (Phi) is 4.36. The van der Waals surface area contributed by atoms with Crippen molar-refractivity contribution in [2.45, 2.75) is 20.4 Å². The largest absolute Gasteiger partial charge is 0.347 e. The minimum atomic E-state index is -0.449. The molecule has 1 amide bonds. The number of anilines is 1. The average Bonchev–Trinajstić information content (AvgIpc) is 2.55. The number of hydrogen-bond acceptors (Lipinski definition) is 3. The van der Waals surface area contributed by atoms with Gasteiger partial charge in [-0.25, -0.2) is 0 Å². The van der Waals surface area contributed by atoms with Crippen molar-refractivity contribution in [1.29, 1.82) is 0 Å². The molecular formula is C18H16ClN3O2. The van der Waals surface area contributed by atoms with Gasteiger partial charge < -0.3 is 9.88 Å². The van der Waals surface area contributed by atoms with E-state index in [1.807, 2.05) is 18.4 Å². The number of amides is 1. The zero-order valence-electron chi connectivity index (χ0n) is 13.3. The molecule has 0 aliphatic rings. The van der Waals surface area contributed by atoms with Gasteiger partial charge in [0, 0.05) is 40.7 Å². The van der Waals surface area contributed by atoms with Gasteiger partial charge in [0.1, 0.15) is 5.56 Å². The van der Waals surface area contributed by atoms with Gasteiger partial charge in [0.05, 0.1) is 5.52 Å². The first-order valence-electron chi connectivity index (χ1n) is 7.56. The maximum atomic E-state index is 12.7. The molecule has 1 aromatic carbocycles. The summed E-state index contributed by atoms with van der Waals surface area (Å²) in [6.07, 6.45) is 3.19. The molecule has 0 bridgehead atoms. The molecule has 1 N–H and O–H groups in total. The normalized spacial score (nSPS) is 10.8. The Labute approximate surface area is 143 Å². The van der Waals surface area contributed by atoms with E-state index in [1.54, 1.807) is 42.7 Å². The molecule has 5 nitrogen and oxygen atoms in total. The summed E-state index contributed by atoms with van der Waals surface area (Å²) in [6.45, 7) is 4.41. The van der Waals surface area contributed by atoms with Crippen LogP contribution in [0, 0.1) is 6.92 Å². The molecule has 3 aromatic rings. The van der Waals surface area contributed by atoms with Crippen LogP contribution in [-0.2, 0) is 6.54 Å². The zero-order chi connectivity index (χ0) is 17.3. The van der Waals surface area contributed by atoms with E-state index in [1.165, 1.54) is 0 Å². The van der Waals surface area contributed by atoms with Gasteiger partial charge in [-0.1, -0.05) is 11.6 Å². The highest BCUT2D eigenvalue weighted by Crippen LogP contribution is 2.18. The number of carbonyl (C=O) groups excluding carboxylic acids is 1. The number of nitrogens with one attached hydrogen (secondary N) is 1. The summed E-state index contributed by atoms with van der Waals surface area (Å²) in [6, 6.07) is 8.54. The van der Waals surface area contributed by atoms with Gasteiger partial charge in [0.2, 0.25) is 5.43 Å². The lowest BCUT2D eigenvalue weighted by Gasteiger charge is -2.12. The molecule has 24 heavy (non-hydrogen) atoms. The van der Waals surface area contributed by atoms with Crippen LogP contribution in [0.1, 0.15) is 23.0 Å². The molecule has 122 valence electrons. The smallest absolute Gasteiger partial charge is 0.261 e. The Bertz CT molecular complexity index is 995. The predicted octanol–water partition coefficient (Wildman–Crippen LogP) is 3.63. The van der Waals surface area contributed by atoms with Crippen molar-refractivity contribution >= 4 is 34.1 Å². The standard InChI is InChI=1S/C18H16ClN3O2/c1-3-22-10-15(17(23)14-9-12(19)4-5-16(14)22)18(24)21-13-6-7-20-11(2)8-13/h4-10H,3H2,1-2H3,(H,20,21,24). The Morgan fingerprint density at radius 2 is 2.08 bits per heavy atom. The number of fused-ring (bicyclic) bond motifs is 1. The molecular weight excluding hydrogens is 326 g/mol. The highest BCUT2D eigenvalue weighted by Gasteiger charge is 2.15. The first-order chi connectivity index (χ1) is 11.5. The summed E-state index contributed by atoms with van der Waals surface area (Å²) in [4.78, 5) is 29.4. The van der Waals surface area contributed by atoms with Crippen molar-refractivity contribution in [1.82, 2.24) is 9.55 Å². The number of hydrogen-bond donors (Lipinski definition) is 1. The number of nitrogens with zero attached hydrogens (tertiary/aromatic N) is 2. The average molecular weight is 342 g/mol. The molecule has 2 aromatic heterocycles. The number of carbonyl (C=O) groups is 1. The Morgan fingerprint density at radius 1 is 1.29 bits per heavy atom. The van der Waals surface area contributed by atoms with E-state index < -0.39 is 5.91 Å². The van der Waals surface area contributed by atoms with Gasteiger partial charge in [-0.3, -0.25) is 14.6 Å². The van der Waals surface area contributed by atoms with Crippen molar-refractivity contribution in [3.63, 3.8) is 0 Å². The Hall–Kier alpha value is -2.66. The van der Waals surface area contributed by atoms with Crippen LogP contribution in [0.25, 0.3) is 10.9 Å². The number of aromatic nitrogens is 2. The van der Waals surface area contributed by atoms with Gasteiger partial charge in [-0.05, 0) is 44.2 Å². The SMILES string of the molecule is CCn1cc(C(=O)Nc2ccnc(C)c2)c(=O)c2cc(Cl)ccc21. The fraction of sp³-hybridized carbons (Fsp3) is 0.167. The molecule has 0 saturated heterocycles. The lowest BCUT2D eigenvalue weighted by Crippen LogP contribution is -2.24. The van der Waals surface area contributed by atoms with Gasteiger partial charge in [0.15, 0.2) is 0 Å². The zero-order valence-corrected chi connectivity index (χ0v) is 14.1. The maximum Gasteiger partial charge on any atom is 0.261 e. The number of benzene rings is 1. The Morgan fingerprint density at radius 3 is 2.79 bits per heavy atom. The fourth-order valence-electron chi connectivity index (χ4n) is 2.61. The van der Waals surface area contributed by atoms with Gasteiger partial charge in [0.25, 0.3) is 5.91 Å². The summed E-state index contributed by atoms with van der Waals surface area (Å²) in [7, 11) is 0. The second-order valence-electron chi connectivity index (χ2n) is 5.46. The van der Waals surface area contributed by atoms with Crippen molar-refractivity contribution in [3.05, 3.63) is 69.2 Å². The second-order valence-corrected chi connectivity index (χ2v) is 5.90. The first kappa shape index (κ1) is 16.2. The highest BCUT2D eigenvalue weighted by atomic mass is 35.5. The van der Waals surface area contributed by atoms with Crippen LogP contribution < -0.4 is 10.7 Å². The summed E-state index contributed by atoms with van der Waals surface area (Å²) in [5, 5.41) is 3.64. The lowest BCUT2D eigenvalue weighted by molar-refractivity contribution is 0.102. The van der Waals surface area contributed by atoms with Crippen LogP contribution in [-0.4, -0.2) is 15.5 Å². The molecule has 6 heteroatoms. The molecule has 3 rings (SSSR count). The van der Waals surface area contributed by atoms with E-state index in [0.717, 1.165) is 11.2 Å². The predicted molar refractivity (Wildman–Crippen MR) is 95.8 cm³/mol. The van der Waals surface area contributed by atoms with Gasteiger partial charge >= 0.3 is 0 Å². The van der Waals surface area contributed by atoms with Gasteiger partial charge in [-0.15, -0.1) is 0 Å². The summed E-state index contributed by atoms with van der Waals surface area (Å²) in [5.41, 5.74) is 1.88. The van der Waals surface area contributed by atoms with Crippen LogP contribution in [0.5, 0.6) is 0 Å². The molecule has 0 fully saturated rings. The summed E-state index contributed by atoms with van der Waals surface area (Å²) in [5.74, 6) is -0.449. The molecule has 0 radical (unpaired) electrons. The molecule has 0 spiro atoms. The third-order valence-electron chi connectivity index (χ3n) is 3.78. The third kappa shape index (κ3) is 3.03. The van der Waals surface area contributed by atoms with Crippen molar-refractivity contribution < 1.29 is 4.79 Å². The van der Waals surface area contributed by atoms with Crippen LogP contribution in [0.3, 0.4) is 0 Å². The number of rotatable bonds is 3. The minimum Gasteiger partial charge on any atom is -0.347 e. The number of aryl methyl sites for hydroxylation is 2. The number of pyridine rings is 2. The lowest BCUT2D eigenvalue weighted by atomic mass is 10.1. The van der Waals surface area contributed by atoms with Crippen LogP contribution >= 0.6 is 11.6 Å². The monoisotopic (exact) mass is 341 g/mol. The fourth-order valence-corrected chi connectivity index (χ4v) is 2.79. The molecule has 0 saturated carbocycles. The highest BCUT2D eigenvalue weighted by molar-refractivity contribution is 6.31. The van der Waals surface area contributed by atoms with E-state index in [-0.39, 0.29) is 11.0 Å². The first-order valence-corrected chi connectivity index (χ1v) is 7.94. The number of halogens is 1. The molecule has 0 aliphatic heterocycles. The van der Waals surface area contributed by atoms with Crippen LogP contribution in [0.15, 0.2) is 47.5 Å². The van der Waals surface area contributed by atoms with Crippen molar-refractivity contribution in [2.75, 3.05) is 5.32 Å². The van der Waals surface area contributed by atoms with E-state index in [2.05, 4.69) is 10.3 Å². The molecule has 0 unspecified atom stereocenters. The van der Waals surface area contributed by atoms with E-state index in [4.69, 9.17) is 11.6 Å². The molecule has 2 heterocycles. The Balaban J connectivity index is 2.10. The summed E-state index contributed by atoms with van der Waals surface area (Å²) >= 11 is 6.01. The van der Waals surface area contributed by atoms with Gasteiger partial charge in [-0.2, -0.15) is 0 Å². The van der Waals surface area contributed by atoms with Crippen molar-refractivity contribution in [3.8, 4) is 0 Å². The van der Waals surface area contributed by atoms with E-state index >= 15 is 0 Å². The summed E-state index contributed by atoms with van der Waals surface area (Å²) < 4.78 is 1.86. The second kappa shape index (κ2) is 6.45. The molecule has 0 atom stereocenters. The third-order valence-corrected chi connectivity index (χ3v) is 4.02. The quantitative estimate of drug-likeness (QED) is 0.791. The van der Waals surface area contributed by atoms with E-state index in [0.29, 0.717) is 22.6 Å². The topological polar surface area (TPSA) is 64.0 Å². The van der Waals surface area contributed by atoms with Crippen molar-refractivity contribution in [2.24, 2.45) is 0 Å². The van der Waals surface area contributed by atoms with Crippen LogP contribution in [0.4, 0.5) is 5.69 Å². The minimum absolute atomic E-state index is 0.0843. The van der Waals surface area contributed by atoms with E-state index in [9.17, 15) is 9.59 Å². The molecule has 0 aliphatic carbocycles. The van der Waals surface area contributed by atoms with Crippen LogP contribution in [0.2, 0.25) is 5.02 Å².